The number of aromatic hydroxyl groups is 1. The molecule has 8 heteroatoms. The van der Waals surface area contributed by atoms with E-state index >= 15 is 0 Å². The van der Waals surface area contributed by atoms with Crippen molar-refractivity contribution in [1.29, 1.82) is 0 Å². The minimum absolute atomic E-state index is 0.186. The third-order valence-electron chi connectivity index (χ3n) is 10.4. The van der Waals surface area contributed by atoms with Gasteiger partial charge in [-0.05, 0) is 99.2 Å². The van der Waals surface area contributed by atoms with Crippen molar-refractivity contribution in [2.24, 2.45) is 17.8 Å². The average Bonchev–Trinajstić information content (AvgIpc) is 3.71. The molecule has 2 aromatic rings. The van der Waals surface area contributed by atoms with Crippen LogP contribution in [0.4, 0.5) is 13.2 Å². The van der Waals surface area contributed by atoms with E-state index in [1.807, 2.05) is 11.0 Å². The highest BCUT2D eigenvalue weighted by molar-refractivity contribution is 5.94. The molecule has 5 nitrogen and oxygen atoms in total. The lowest BCUT2D eigenvalue weighted by atomic mass is 9.50. The summed E-state index contributed by atoms with van der Waals surface area (Å²) >= 11 is 0. The number of ether oxygens (including phenoxy) is 1. The van der Waals surface area contributed by atoms with E-state index in [2.05, 4.69) is 30.6 Å². The normalized spacial score (nSPS) is 29.4. The summed E-state index contributed by atoms with van der Waals surface area (Å²) in [7, 11) is 0. The summed E-state index contributed by atoms with van der Waals surface area (Å²) in [6.45, 7) is 6.77. The zero-order chi connectivity index (χ0) is 29.4. The van der Waals surface area contributed by atoms with E-state index in [9.17, 15) is 23.1 Å². The number of amides is 1. The zero-order valence-corrected chi connectivity index (χ0v) is 24.1. The van der Waals surface area contributed by atoms with Crippen LogP contribution in [-0.2, 0) is 22.8 Å². The molecule has 222 valence electrons. The number of hydrogen-bond donors (Lipinski definition) is 1. The third-order valence-corrected chi connectivity index (χ3v) is 10.4. The predicted molar refractivity (Wildman–Crippen MR) is 152 cm³/mol. The summed E-state index contributed by atoms with van der Waals surface area (Å²) in [5.74, 6) is 7.79. The first kappa shape index (κ1) is 27.6. The third kappa shape index (κ3) is 4.47. The van der Waals surface area contributed by atoms with E-state index in [1.165, 1.54) is 25.0 Å². The van der Waals surface area contributed by atoms with Gasteiger partial charge in [-0.15, -0.1) is 0 Å². The van der Waals surface area contributed by atoms with E-state index in [-0.39, 0.29) is 29.4 Å². The van der Waals surface area contributed by atoms with Crippen LogP contribution in [0.2, 0.25) is 0 Å². The number of piperidine rings is 1. The van der Waals surface area contributed by atoms with Crippen molar-refractivity contribution in [3.8, 4) is 23.3 Å². The summed E-state index contributed by atoms with van der Waals surface area (Å²) in [6, 6.07) is 8.42. The number of halogens is 3. The molecule has 2 heterocycles. The summed E-state index contributed by atoms with van der Waals surface area (Å²) in [4.78, 5) is 18.3. The van der Waals surface area contributed by atoms with Crippen molar-refractivity contribution in [2.45, 2.75) is 82.2 Å². The van der Waals surface area contributed by atoms with Crippen LogP contribution in [0.1, 0.15) is 68.2 Å². The number of phenolic OH excluding ortho intramolecular Hbond substituents is 1. The Bertz CT molecular complexity index is 1460. The molecule has 1 spiro atoms. The molecule has 42 heavy (non-hydrogen) atoms. The van der Waals surface area contributed by atoms with Crippen LogP contribution in [0.3, 0.4) is 0 Å². The molecule has 0 unspecified atom stereocenters. The molecule has 3 aliphatic carbocycles. The van der Waals surface area contributed by atoms with E-state index in [0.29, 0.717) is 29.8 Å². The first-order chi connectivity index (χ1) is 20.1. The molecule has 1 amide bonds. The molecule has 1 saturated heterocycles. The van der Waals surface area contributed by atoms with Gasteiger partial charge in [-0.25, -0.2) is 0 Å². The van der Waals surface area contributed by atoms with Gasteiger partial charge in [-0.1, -0.05) is 19.8 Å². The largest absolute Gasteiger partial charge is 0.508 e. The number of phenols is 1. The van der Waals surface area contributed by atoms with Gasteiger partial charge in [0.1, 0.15) is 17.6 Å². The summed E-state index contributed by atoms with van der Waals surface area (Å²) in [5, 5.41) is 11.0. The number of hydrogen-bond acceptors (Lipinski definition) is 4. The lowest BCUT2D eigenvalue weighted by Gasteiger charge is -2.60. The second kappa shape index (κ2) is 9.94. The molecule has 2 aliphatic heterocycles. The molecule has 3 fully saturated rings. The van der Waals surface area contributed by atoms with Crippen molar-refractivity contribution in [1.82, 2.24) is 9.80 Å². The second-order valence-corrected chi connectivity index (χ2v) is 13.4. The Morgan fingerprint density at radius 2 is 1.90 bits per heavy atom. The van der Waals surface area contributed by atoms with E-state index < -0.39 is 11.7 Å². The quantitative estimate of drug-likeness (QED) is 0.458. The van der Waals surface area contributed by atoms with Crippen LogP contribution >= 0.6 is 0 Å². The Morgan fingerprint density at radius 1 is 1.14 bits per heavy atom. The molecular weight excluding hydrogens is 541 g/mol. The first-order valence-electron chi connectivity index (χ1n) is 15.3. The Balaban J connectivity index is 1.22. The minimum atomic E-state index is -4.42. The van der Waals surface area contributed by atoms with Crippen LogP contribution in [0, 0.1) is 29.6 Å². The van der Waals surface area contributed by atoms with E-state index in [1.54, 1.807) is 6.07 Å². The van der Waals surface area contributed by atoms with Gasteiger partial charge < -0.3 is 14.7 Å². The summed E-state index contributed by atoms with van der Waals surface area (Å²) in [6.07, 6.45) is 1.51. The Labute approximate surface area is 245 Å². The fourth-order valence-electron chi connectivity index (χ4n) is 8.49. The fourth-order valence-corrected chi connectivity index (χ4v) is 8.49. The molecule has 2 bridgehead atoms. The highest BCUT2D eigenvalue weighted by Crippen LogP contribution is 2.64. The predicted octanol–water partition coefficient (Wildman–Crippen LogP) is 5.77. The number of likely N-dealkylation sites (tertiary alicyclic amines) is 1. The molecular formula is C34H37F3N2O3. The maximum Gasteiger partial charge on any atom is 0.416 e. The van der Waals surface area contributed by atoms with Crippen LogP contribution in [0.5, 0.6) is 11.5 Å². The molecule has 2 saturated carbocycles. The molecule has 2 aromatic carbocycles. The van der Waals surface area contributed by atoms with Gasteiger partial charge >= 0.3 is 6.18 Å². The van der Waals surface area contributed by atoms with Crippen LogP contribution in [-0.4, -0.2) is 58.6 Å². The molecule has 0 radical (unpaired) electrons. The van der Waals surface area contributed by atoms with Gasteiger partial charge in [0.15, 0.2) is 0 Å². The van der Waals surface area contributed by atoms with Crippen LogP contribution < -0.4 is 4.74 Å². The number of carbonyl (C=O) groups is 1. The molecule has 5 atom stereocenters. The molecule has 0 aromatic heterocycles. The number of benzene rings is 2. The topological polar surface area (TPSA) is 53.0 Å². The first-order valence-corrected chi connectivity index (χ1v) is 15.3. The lowest BCUT2D eigenvalue weighted by Crippen LogP contribution is -2.69. The lowest BCUT2D eigenvalue weighted by molar-refractivity contribution is -0.138. The van der Waals surface area contributed by atoms with Crippen molar-refractivity contribution >= 4 is 5.91 Å². The fraction of sp³-hybridized carbons (Fsp3) is 0.559. The molecule has 1 N–H and O–H groups in total. The van der Waals surface area contributed by atoms with Gasteiger partial charge in [-0.2, -0.15) is 13.2 Å². The Morgan fingerprint density at radius 3 is 2.60 bits per heavy atom. The number of carbonyl (C=O) groups excluding carboxylic acids is 1. The van der Waals surface area contributed by atoms with Crippen LogP contribution in [0.25, 0.3) is 0 Å². The van der Waals surface area contributed by atoms with Crippen molar-refractivity contribution in [2.75, 3.05) is 19.6 Å². The van der Waals surface area contributed by atoms with Gasteiger partial charge in [0.25, 0.3) is 5.91 Å². The van der Waals surface area contributed by atoms with Gasteiger partial charge in [0.2, 0.25) is 0 Å². The summed E-state index contributed by atoms with van der Waals surface area (Å²) < 4.78 is 45.8. The van der Waals surface area contributed by atoms with E-state index in [4.69, 9.17) is 4.74 Å². The smallest absolute Gasteiger partial charge is 0.416 e. The second-order valence-electron chi connectivity index (χ2n) is 13.4. The highest BCUT2D eigenvalue weighted by atomic mass is 19.4. The number of alkyl halides is 3. The monoisotopic (exact) mass is 578 g/mol. The van der Waals surface area contributed by atoms with Crippen LogP contribution in [0.15, 0.2) is 36.4 Å². The zero-order valence-electron chi connectivity index (χ0n) is 24.1. The Hall–Kier alpha value is -3.18. The van der Waals surface area contributed by atoms with Crippen molar-refractivity contribution in [3.63, 3.8) is 0 Å². The maximum absolute atomic E-state index is 13.8. The molecule has 5 aliphatic rings. The summed E-state index contributed by atoms with van der Waals surface area (Å²) in [5.41, 5.74) is 1.55. The van der Waals surface area contributed by atoms with Gasteiger partial charge in [0.05, 0.1) is 11.6 Å². The number of rotatable bonds is 5. The Kier molecular flexibility index (Phi) is 6.54. The number of nitrogens with zero attached hydrogens (tertiary/aromatic N) is 2. The van der Waals surface area contributed by atoms with E-state index in [0.717, 1.165) is 73.7 Å². The minimum Gasteiger partial charge on any atom is -0.508 e. The van der Waals surface area contributed by atoms with Gasteiger partial charge in [-0.3, -0.25) is 9.69 Å². The standard InChI is InChI=1S/C34H37F3N2O3/c1-20(2)18-39(30(41)14-7-21-5-8-23(9-6-21)34(35,36)37)26-11-10-25-27-17-24-28(40)12-13-29-31(24)33(25,32(26)42-29)15-16-38(27)19-22-3-4-22/h5-6,8-9,12-13,20,22,25-27,32,40H,3-4,10-11,15-19H2,1-2H3/t25-,26-,27+,32-,33-/m0/s1. The maximum atomic E-state index is 13.8. The highest BCUT2D eigenvalue weighted by Gasteiger charge is 2.66. The SMILES string of the molecule is CC(C)CN(C(=O)C#Cc1ccc(C(F)(F)F)cc1)[C@H]1CC[C@H]2[C@H]3Cc4c(O)ccc5c4[C@@]2(CCN3CC2CC2)[C@H]1O5. The van der Waals surface area contributed by atoms with Crippen molar-refractivity contribution < 1.29 is 27.8 Å². The van der Waals surface area contributed by atoms with Crippen molar-refractivity contribution in [3.05, 3.63) is 58.7 Å². The van der Waals surface area contributed by atoms with Gasteiger partial charge in [0, 0.05) is 47.2 Å². The average molecular weight is 579 g/mol. The molecule has 7 rings (SSSR count).